The highest BCUT2D eigenvalue weighted by atomic mass is 32.3. The molecule has 2 saturated carbocycles. The Labute approximate surface area is 242 Å². The molecule has 222 valence electrons. The summed E-state index contributed by atoms with van der Waals surface area (Å²) in [6.45, 7) is 0.998. The summed E-state index contributed by atoms with van der Waals surface area (Å²) in [5.41, 5.74) is 1.49. The highest BCUT2D eigenvalue weighted by Gasteiger charge is 2.50. The van der Waals surface area contributed by atoms with Crippen LogP contribution in [0.3, 0.4) is 0 Å². The average Bonchev–Trinajstić information content (AvgIpc) is 3.59. The first kappa shape index (κ1) is 28.5. The van der Waals surface area contributed by atoms with E-state index in [0.29, 0.717) is 54.3 Å². The summed E-state index contributed by atoms with van der Waals surface area (Å²) >= 11 is 0. The fourth-order valence-corrected chi connectivity index (χ4v) is 7.02. The Hall–Kier alpha value is -3.60. The highest BCUT2D eigenvalue weighted by Crippen LogP contribution is 2.48. The number of rotatable bonds is 6. The summed E-state index contributed by atoms with van der Waals surface area (Å²) in [6.07, 6.45) is 2.68. The second kappa shape index (κ2) is 10.6. The van der Waals surface area contributed by atoms with Crippen molar-refractivity contribution >= 4 is 22.2 Å². The summed E-state index contributed by atoms with van der Waals surface area (Å²) in [5.74, 6) is -4.84. The number of amides is 1. The van der Waals surface area contributed by atoms with E-state index in [1.54, 1.807) is 6.20 Å². The SMILES string of the molecule is N#CC1(NC(=O)[C@@H]2CCC(F)(F)C[C@H]2c2nn(-c3ccc(F)cn3)cc2-c2ccc(N3CCS(O)(O)CC3)cc2)CC1. The van der Waals surface area contributed by atoms with Gasteiger partial charge in [0.25, 0.3) is 0 Å². The lowest BCUT2D eigenvalue weighted by Gasteiger charge is -2.41. The molecule has 13 heteroatoms. The highest BCUT2D eigenvalue weighted by molar-refractivity contribution is 8.24. The summed E-state index contributed by atoms with van der Waals surface area (Å²) in [5, 5.41) is 16.9. The zero-order valence-electron chi connectivity index (χ0n) is 22.7. The van der Waals surface area contributed by atoms with Crippen molar-refractivity contribution in [2.75, 3.05) is 29.5 Å². The van der Waals surface area contributed by atoms with Gasteiger partial charge in [-0.25, -0.2) is 22.8 Å². The predicted molar refractivity (Wildman–Crippen MR) is 152 cm³/mol. The number of nitrogens with zero attached hydrogens (tertiary/aromatic N) is 5. The summed E-state index contributed by atoms with van der Waals surface area (Å²) in [7, 11) is -2.54. The Bertz CT molecular complexity index is 1510. The molecule has 1 amide bonds. The van der Waals surface area contributed by atoms with E-state index >= 15 is 0 Å². The number of aromatic nitrogens is 3. The third-order valence-electron chi connectivity index (χ3n) is 8.45. The fourth-order valence-electron chi connectivity index (χ4n) is 5.79. The summed E-state index contributed by atoms with van der Waals surface area (Å²) in [6, 6.07) is 12.2. The van der Waals surface area contributed by atoms with Gasteiger partial charge < -0.3 is 10.2 Å². The molecule has 2 aromatic heterocycles. The van der Waals surface area contributed by atoms with E-state index in [2.05, 4.69) is 26.4 Å². The smallest absolute Gasteiger partial charge is 0.248 e. The van der Waals surface area contributed by atoms with Crippen molar-refractivity contribution in [2.45, 2.75) is 49.5 Å². The lowest BCUT2D eigenvalue weighted by atomic mass is 9.74. The number of benzene rings is 1. The molecule has 3 aromatic rings. The largest absolute Gasteiger partial charge is 0.368 e. The maximum Gasteiger partial charge on any atom is 0.248 e. The Morgan fingerprint density at radius 3 is 2.43 bits per heavy atom. The number of nitriles is 1. The van der Waals surface area contributed by atoms with Crippen LogP contribution in [0.15, 0.2) is 48.8 Å². The molecule has 9 nitrogen and oxygen atoms in total. The lowest BCUT2D eigenvalue weighted by Crippen LogP contribution is -2.45. The molecule has 1 aromatic carbocycles. The third kappa shape index (κ3) is 5.84. The van der Waals surface area contributed by atoms with Crippen LogP contribution in [0.5, 0.6) is 0 Å². The molecule has 0 spiro atoms. The number of carbonyl (C=O) groups is 1. The van der Waals surface area contributed by atoms with Crippen molar-refractivity contribution in [2.24, 2.45) is 5.92 Å². The van der Waals surface area contributed by atoms with Gasteiger partial charge >= 0.3 is 0 Å². The van der Waals surface area contributed by atoms with Crippen molar-refractivity contribution in [3.05, 3.63) is 60.3 Å². The van der Waals surface area contributed by atoms with Gasteiger partial charge in [0.2, 0.25) is 11.8 Å². The van der Waals surface area contributed by atoms with Gasteiger partial charge in [-0.3, -0.25) is 13.9 Å². The quantitative estimate of drug-likeness (QED) is 0.349. The van der Waals surface area contributed by atoms with Crippen molar-refractivity contribution in [1.82, 2.24) is 20.1 Å². The van der Waals surface area contributed by atoms with E-state index in [-0.39, 0.29) is 12.2 Å². The molecule has 3 N–H and O–H groups in total. The van der Waals surface area contributed by atoms with Crippen LogP contribution in [0.2, 0.25) is 0 Å². The van der Waals surface area contributed by atoms with Crippen LogP contribution in [0.25, 0.3) is 16.9 Å². The monoisotopic (exact) mass is 600 g/mol. The van der Waals surface area contributed by atoms with Crippen LogP contribution in [0.1, 0.15) is 43.7 Å². The van der Waals surface area contributed by atoms with Gasteiger partial charge in [-0.05, 0) is 49.1 Å². The Morgan fingerprint density at radius 1 is 1.10 bits per heavy atom. The minimum atomic E-state index is -3.00. The number of nitrogens with one attached hydrogen (secondary N) is 1. The maximum absolute atomic E-state index is 14.9. The van der Waals surface area contributed by atoms with Gasteiger partial charge in [-0.15, -0.1) is 0 Å². The van der Waals surface area contributed by atoms with E-state index in [1.165, 1.54) is 16.8 Å². The van der Waals surface area contributed by atoms with Gasteiger partial charge in [-0.1, -0.05) is 12.1 Å². The van der Waals surface area contributed by atoms with E-state index < -0.39 is 58.5 Å². The van der Waals surface area contributed by atoms with Gasteiger partial charge in [0.15, 0.2) is 5.82 Å². The minimum absolute atomic E-state index is 0.0564. The molecule has 0 unspecified atom stereocenters. The van der Waals surface area contributed by atoms with Gasteiger partial charge in [0.05, 0.1) is 29.5 Å². The summed E-state index contributed by atoms with van der Waals surface area (Å²) in [4.78, 5) is 19.6. The number of alkyl halides is 2. The molecule has 3 heterocycles. The van der Waals surface area contributed by atoms with E-state index in [4.69, 9.17) is 0 Å². The van der Waals surface area contributed by atoms with Gasteiger partial charge in [0, 0.05) is 55.2 Å². The van der Waals surface area contributed by atoms with Crippen LogP contribution < -0.4 is 10.2 Å². The first-order chi connectivity index (χ1) is 20.0. The van der Waals surface area contributed by atoms with Gasteiger partial charge in [0.1, 0.15) is 11.4 Å². The van der Waals surface area contributed by atoms with Crippen molar-refractivity contribution < 1.29 is 27.1 Å². The minimum Gasteiger partial charge on any atom is -0.368 e. The van der Waals surface area contributed by atoms with Gasteiger partial charge in [-0.2, -0.15) is 21.0 Å². The normalized spacial score (nSPS) is 24.8. The molecular formula is C29H31F3N6O3S. The van der Waals surface area contributed by atoms with E-state index in [9.17, 15) is 32.3 Å². The fraction of sp³-hybridized carbons (Fsp3) is 0.448. The summed E-state index contributed by atoms with van der Waals surface area (Å²) < 4.78 is 64.7. The average molecular weight is 601 g/mol. The Kier molecular flexibility index (Phi) is 7.19. The van der Waals surface area contributed by atoms with Crippen LogP contribution >= 0.6 is 10.6 Å². The second-order valence-electron chi connectivity index (χ2n) is 11.4. The molecule has 0 radical (unpaired) electrons. The first-order valence-corrected chi connectivity index (χ1v) is 15.8. The number of halogens is 3. The Balaban J connectivity index is 1.37. The molecule has 3 aliphatic rings. The van der Waals surface area contributed by atoms with Crippen LogP contribution in [0.4, 0.5) is 18.9 Å². The third-order valence-corrected chi connectivity index (χ3v) is 10.1. The molecule has 42 heavy (non-hydrogen) atoms. The Morgan fingerprint density at radius 2 is 1.81 bits per heavy atom. The number of carbonyl (C=O) groups excluding carboxylic acids is 1. The molecule has 6 rings (SSSR count). The number of pyridine rings is 1. The molecule has 3 fully saturated rings. The molecule has 1 aliphatic heterocycles. The van der Waals surface area contributed by atoms with Crippen molar-refractivity contribution in [3.8, 4) is 23.0 Å². The number of hydrogen-bond donors (Lipinski definition) is 3. The second-order valence-corrected chi connectivity index (χ2v) is 13.9. The van der Waals surface area contributed by atoms with Crippen LogP contribution in [0, 0.1) is 23.1 Å². The topological polar surface area (TPSA) is 127 Å². The number of anilines is 1. The number of hydrogen-bond acceptors (Lipinski definition) is 7. The van der Waals surface area contributed by atoms with Crippen LogP contribution in [-0.4, -0.2) is 65.8 Å². The van der Waals surface area contributed by atoms with E-state index in [1.807, 2.05) is 24.3 Å². The van der Waals surface area contributed by atoms with Crippen LogP contribution in [-0.2, 0) is 4.79 Å². The molecule has 2 aliphatic carbocycles. The molecule has 2 atom stereocenters. The molecular weight excluding hydrogens is 569 g/mol. The molecule has 1 saturated heterocycles. The maximum atomic E-state index is 14.9. The zero-order valence-corrected chi connectivity index (χ0v) is 23.5. The lowest BCUT2D eigenvalue weighted by molar-refractivity contribution is -0.131. The predicted octanol–water partition coefficient (Wildman–Crippen LogP) is 5.34. The zero-order chi connectivity index (χ0) is 29.7. The van der Waals surface area contributed by atoms with Crippen molar-refractivity contribution in [1.29, 1.82) is 5.26 Å². The van der Waals surface area contributed by atoms with E-state index in [0.717, 1.165) is 11.9 Å². The molecule has 0 bridgehead atoms. The standard InChI is InChI=1S/C29H31F3N6O3S/c30-20-3-6-25(34-16-20)38-17-24(19-1-4-21(5-2-19)37-11-13-42(40,41)14-12-37)26(36-38)23-15-29(31,32)8-7-22(23)27(39)35-28(18-33)9-10-28/h1-6,16-17,22-23,40-41H,7-15H2,(H,35,39)/t22-,23-/m1/s1. The van der Waals surface area contributed by atoms with Crippen molar-refractivity contribution in [3.63, 3.8) is 0 Å². The first-order valence-electron chi connectivity index (χ1n) is 13.9.